The fourth-order valence-electron chi connectivity index (χ4n) is 3.54. The van der Waals surface area contributed by atoms with Gasteiger partial charge < -0.3 is 9.14 Å². The van der Waals surface area contributed by atoms with Crippen LogP contribution in [-0.4, -0.2) is 9.99 Å². The largest absolute Gasteiger partial charge is 0.466 e. The summed E-state index contributed by atoms with van der Waals surface area (Å²) in [5, 5.41) is 0. The Morgan fingerprint density at radius 1 is 0.875 bits per heavy atom. The lowest BCUT2D eigenvalue weighted by atomic mass is 10.0. The fraction of sp³-hybridized carbons (Fsp3) is 0.148. The Kier molecular flexibility index (Phi) is 6.97. The number of rotatable bonds is 9. The fourth-order valence-corrected chi connectivity index (χ4v) is 4.58. The molecule has 0 radical (unpaired) electrons. The van der Waals surface area contributed by atoms with Gasteiger partial charge in [-0.1, -0.05) is 60.7 Å². The number of ketones is 1. The van der Waals surface area contributed by atoms with Crippen LogP contribution < -0.4 is 4.72 Å². The molecule has 0 aliphatic rings. The number of anilines is 1. The van der Waals surface area contributed by atoms with Crippen molar-refractivity contribution in [2.75, 3.05) is 4.72 Å². The van der Waals surface area contributed by atoms with Crippen LogP contribution in [0.15, 0.2) is 100 Å². The van der Waals surface area contributed by atoms with Crippen LogP contribution in [0.3, 0.4) is 0 Å². The molecular formula is C27H25NO3S. The minimum atomic E-state index is -1.41. The van der Waals surface area contributed by atoms with Crippen molar-refractivity contribution in [1.29, 1.82) is 0 Å². The van der Waals surface area contributed by atoms with Crippen LogP contribution in [0.5, 0.6) is 0 Å². The summed E-state index contributed by atoms with van der Waals surface area (Å²) in [5.41, 5.74) is 3.64. The van der Waals surface area contributed by atoms with E-state index >= 15 is 0 Å². The number of hydrogen-bond acceptors (Lipinski definition) is 3. The summed E-state index contributed by atoms with van der Waals surface area (Å²) < 4.78 is 21.6. The zero-order valence-corrected chi connectivity index (χ0v) is 18.7. The van der Waals surface area contributed by atoms with E-state index in [9.17, 15) is 9.00 Å². The predicted molar refractivity (Wildman–Crippen MR) is 129 cm³/mol. The number of furan rings is 1. The molecule has 0 aliphatic heterocycles. The summed E-state index contributed by atoms with van der Waals surface area (Å²) in [4.78, 5) is 13.0. The van der Waals surface area contributed by atoms with Crippen LogP contribution in [0.4, 0.5) is 5.69 Å². The van der Waals surface area contributed by atoms with Crippen LogP contribution in [0.25, 0.3) is 11.1 Å². The molecule has 0 aliphatic carbocycles. The molecule has 1 unspecified atom stereocenters. The molecule has 0 fully saturated rings. The van der Waals surface area contributed by atoms with Gasteiger partial charge in [-0.15, -0.1) is 0 Å². The molecule has 0 saturated carbocycles. The molecule has 1 heterocycles. The monoisotopic (exact) mass is 443 g/mol. The predicted octanol–water partition coefficient (Wildman–Crippen LogP) is 6.13. The molecule has 0 bridgehead atoms. The molecule has 162 valence electrons. The average molecular weight is 444 g/mol. The molecular weight excluding hydrogens is 418 g/mol. The molecule has 3 aromatic carbocycles. The second kappa shape index (κ2) is 10.2. The van der Waals surface area contributed by atoms with Gasteiger partial charge in [-0.25, -0.2) is 4.21 Å². The lowest BCUT2D eigenvalue weighted by Gasteiger charge is -2.11. The molecule has 1 N–H and O–H groups in total. The summed E-state index contributed by atoms with van der Waals surface area (Å²) in [7, 11) is -1.41. The summed E-state index contributed by atoms with van der Waals surface area (Å²) in [5.74, 6) is 1.87. The normalized spacial score (nSPS) is 11.8. The number of Topliss-reactive ketones (excluding diaryl/α,β-unsaturated/α-hetero) is 1. The second-order valence-corrected chi connectivity index (χ2v) is 8.84. The lowest BCUT2D eigenvalue weighted by molar-refractivity contribution is -0.118. The van der Waals surface area contributed by atoms with Crippen molar-refractivity contribution >= 4 is 22.5 Å². The van der Waals surface area contributed by atoms with Gasteiger partial charge in [-0.3, -0.25) is 4.79 Å². The van der Waals surface area contributed by atoms with E-state index in [1.165, 1.54) is 0 Å². The first kappa shape index (κ1) is 21.8. The van der Waals surface area contributed by atoms with Gasteiger partial charge >= 0.3 is 0 Å². The summed E-state index contributed by atoms with van der Waals surface area (Å²) in [6.07, 6.45) is 1.44. The molecule has 32 heavy (non-hydrogen) atoms. The molecule has 0 saturated heterocycles. The maximum absolute atomic E-state index is 13.0. The third-order valence-corrected chi connectivity index (χ3v) is 6.36. The molecule has 0 amide bonds. The number of nitrogens with one attached hydrogen (secondary N) is 1. The number of carbonyl (C=O) groups excluding carboxylic acids is 1. The van der Waals surface area contributed by atoms with Gasteiger partial charge in [0.15, 0.2) is 11.0 Å². The van der Waals surface area contributed by atoms with Crippen LogP contribution in [0, 0.1) is 6.92 Å². The molecule has 1 atom stereocenters. The Bertz CT molecular complexity index is 1210. The maximum atomic E-state index is 13.0. The summed E-state index contributed by atoms with van der Waals surface area (Å²) in [6.45, 7) is 1.90. The third kappa shape index (κ3) is 5.62. The molecule has 4 aromatic rings. The van der Waals surface area contributed by atoms with Crippen LogP contribution in [0.2, 0.25) is 0 Å². The van der Waals surface area contributed by atoms with Crippen LogP contribution in [0.1, 0.15) is 23.5 Å². The number of benzene rings is 3. The van der Waals surface area contributed by atoms with E-state index < -0.39 is 11.0 Å². The third-order valence-electron chi connectivity index (χ3n) is 5.18. The molecule has 4 nitrogen and oxygen atoms in total. The molecule has 1 aromatic heterocycles. The van der Waals surface area contributed by atoms with Gasteiger partial charge in [0.2, 0.25) is 0 Å². The molecule has 5 heteroatoms. The Balaban J connectivity index is 1.37. The first-order valence-electron chi connectivity index (χ1n) is 10.6. The highest BCUT2D eigenvalue weighted by molar-refractivity contribution is 7.86. The van der Waals surface area contributed by atoms with Crippen molar-refractivity contribution in [1.82, 2.24) is 0 Å². The van der Waals surface area contributed by atoms with Crippen LogP contribution in [-0.2, 0) is 28.6 Å². The van der Waals surface area contributed by atoms with E-state index in [-0.39, 0.29) is 5.78 Å². The van der Waals surface area contributed by atoms with Gasteiger partial charge in [0.05, 0.1) is 4.90 Å². The number of aryl methyl sites for hydroxylation is 2. The highest BCUT2D eigenvalue weighted by Gasteiger charge is 2.12. The van der Waals surface area contributed by atoms with Gasteiger partial charge in [-0.05, 0) is 53.9 Å². The quantitative estimate of drug-likeness (QED) is 0.338. The van der Waals surface area contributed by atoms with Gasteiger partial charge in [0.25, 0.3) is 0 Å². The van der Waals surface area contributed by atoms with Gasteiger partial charge in [0, 0.05) is 24.9 Å². The van der Waals surface area contributed by atoms with Crippen molar-refractivity contribution in [3.05, 3.63) is 108 Å². The summed E-state index contributed by atoms with van der Waals surface area (Å²) in [6, 6.07) is 29.0. The molecule has 4 rings (SSSR count). The minimum absolute atomic E-state index is 0.167. The van der Waals surface area contributed by atoms with E-state index in [0.717, 1.165) is 38.8 Å². The smallest absolute Gasteiger partial charge is 0.150 e. The second-order valence-electron chi connectivity index (χ2n) is 7.66. The number of carbonyl (C=O) groups is 1. The van der Waals surface area contributed by atoms with Crippen LogP contribution >= 0.6 is 0 Å². The Morgan fingerprint density at radius 2 is 1.59 bits per heavy atom. The highest BCUT2D eigenvalue weighted by Crippen LogP contribution is 2.26. The van der Waals surface area contributed by atoms with Crippen molar-refractivity contribution in [3.8, 4) is 11.1 Å². The van der Waals surface area contributed by atoms with E-state index in [2.05, 4.69) is 4.72 Å². The molecule has 0 spiro atoms. The van der Waals surface area contributed by atoms with Gasteiger partial charge in [0.1, 0.15) is 17.3 Å². The van der Waals surface area contributed by atoms with Gasteiger partial charge in [-0.2, -0.15) is 0 Å². The summed E-state index contributed by atoms with van der Waals surface area (Å²) >= 11 is 0. The first-order valence-corrected chi connectivity index (χ1v) is 11.7. The van der Waals surface area contributed by atoms with Crippen molar-refractivity contribution in [2.24, 2.45) is 0 Å². The maximum Gasteiger partial charge on any atom is 0.150 e. The Hall–Kier alpha value is -3.44. The van der Waals surface area contributed by atoms with E-state index in [4.69, 9.17) is 4.42 Å². The van der Waals surface area contributed by atoms with Crippen molar-refractivity contribution in [3.63, 3.8) is 0 Å². The Labute approximate surface area is 190 Å². The van der Waals surface area contributed by atoms with E-state index in [1.54, 1.807) is 0 Å². The van der Waals surface area contributed by atoms with E-state index in [0.29, 0.717) is 19.3 Å². The van der Waals surface area contributed by atoms with E-state index in [1.807, 2.05) is 97.9 Å². The topological polar surface area (TPSA) is 59.3 Å². The standard InChI is InChI=1S/C27H25NO3S/c1-20-11-17-25(31-20)18-16-24(29)19-21-12-14-23(15-13-21)28-32(30)27-10-6-5-9-26(27)22-7-3-2-4-8-22/h2-15,17,28H,16,18-19H2,1H3. The zero-order chi connectivity index (χ0) is 22.3. The lowest BCUT2D eigenvalue weighted by Crippen LogP contribution is -2.07. The zero-order valence-electron chi connectivity index (χ0n) is 17.9. The highest BCUT2D eigenvalue weighted by atomic mass is 32.2. The van der Waals surface area contributed by atoms with Crippen molar-refractivity contribution in [2.45, 2.75) is 31.1 Å². The van der Waals surface area contributed by atoms with Crippen molar-refractivity contribution < 1.29 is 13.4 Å². The number of hydrogen-bond donors (Lipinski definition) is 1. The Morgan fingerprint density at radius 3 is 2.31 bits per heavy atom. The first-order chi connectivity index (χ1) is 15.6. The SMILES string of the molecule is Cc1ccc(CCC(=O)Cc2ccc(NS(=O)c3ccccc3-c3ccccc3)cc2)o1. The minimum Gasteiger partial charge on any atom is -0.466 e. The average Bonchev–Trinajstić information content (AvgIpc) is 3.24.